The largest absolute Gasteiger partial charge is 0.345 e. The Hall–Kier alpha value is -2.93. The van der Waals surface area contributed by atoms with Gasteiger partial charge in [0.2, 0.25) is 0 Å². The molecule has 0 saturated carbocycles. The Morgan fingerprint density at radius 2 is 1.93 bits per heavy atom. The number of amides is 1. The monoisotopic (exact) mass is 420 g/mol. The Labute approximate surface area is 179 Å². The van der Waals surface area contributed by atoms with Crippen LogP contribution in [0.25, 0.3) is 5.69 Å². The Bertz CT molecular complexity index is 1140. The first kappa shape index (κ1) is 19.1. The molecule has 0 spiro atoms. The quantitative estimate of drug-likeness (QED) is 0.654. The second-order valence-corrected chi connectivity index (χ2v) is 8.78. The summed E-state index contributed by atoms with van der Waals surface area (Å²) >= 11 is 1.61. The van der Waals surface area contributed by atoms with E-state index in [1.165, 1.54) is 11.1 Å². The second-order valence-electron chi connectivity index (χ2n) is 7.91. The maximum atomic E-state index is 13.4. The zero-order valence-electron chi connectivity index (χ0n) is 17.0. The molecule has 2 aliphatic rings. The summed E-state index contributed by atoms with van der Waals surface area (Å²) in [6.07, 6.45) is 6.76. The molecule has 2 aromatic heterocycles. The van der Waals surface area contributed by atoms with Crippen molar-refractivity contribution in [1.82, 2.24) is 14.5 Å². The van der Waals surface area contributed by atoms with Crippen molar-refractivity contribution < 1.29 is 4.79 Å². The summed E-state index contributed by atoms with van der Waals surface area (Å²) in [4.78, 5) is 35.1. The van der Waals surface area contributed by atoms with Crippen LogP contribution >= 0.6 is 11.3 Å². The number of hydrogen-bond acceptors (Lipinski definition) is 5. The number of piperazine rings is 1. The minimum absolute atomic E-state index is 0.168. The third-order valence-electron chi connectivity index (χ3n) is 6.15. The van der Waals surface area contributed by atoms with Crippen molar-refractivity contribution in [3.63, 3.8) is 0 Å². The van der Waals surface area contributed by atoms with E-state index in [2.05, 4.69) is 16.0 Å². The molecule has 3 aromatic rings. The fourth-order valence-electron chi connectivity index (χ4n) is 4.53. The van der Waals surface area contributed by atoms with Gasteiger partial charge < -0.3 is 9.80 Å². The molecule has 1 amide bonds. The van der Waals surface area contributed by atoms with E-state index in [0.717, 1.165) is 48.7 Å². The average Bonchev–Trinajstić information content (AvgIpc) is 3.46. The van der Waals surface area contributed by atoms with E-state index >= 15 is 0 Å². The molecule has 0 atom stereocenters. The Kier molecular flexibility index (Phi) is 4.90. The fourth-order valence-corrected chi connectivity index (χ4v) is 5.23. The van der Waals surface area contributed by atoms with Crippen LogP contribution in [0.1, 0.15) is 33.5 Å². The standard InChI is InChI=1S/C23H24N4O2S/c1-16-8-10-27(19-7-3-5-17-4-2-6-18(17)19)22(29)20(16)21(28)25-11-13-26(14-12-25)23-24-9-15-30-23/h3,5,7-10,15H,2,4,6,11-14H2,1H3. The van der Waals surface area contributed by atoms with E-state index in [0.29, 0.717) is 13.1 Å². The molecule has 1 saturated heterocycles. The van der Waals surface area contributed by atoms with Crippen molar-refractivity contribution in [1.29, 1.82) is 0 Å². The van der Waals surface area contributed by atoms with Gasteiger partial charge in [-0.1, -0.05) is 12.1 Å². The van der Waals surface area contributed by atoms with E-state index in [9.17, 15) is 9.59 Å². The SMILES string of the molecule is Cc1ccn(-c2cccc3c2CCC3)c(=O)c1C(=O)N1CCN(c2nccs2)CC1. The van der Waals surface area contributed by atoms with Gasteiger partial charge in [0, 0.05) is 44.0 Å². The highest BCUT2D eigenvalue weighted by molar-refractivity contribution is 7.13. The number of carbonyl (C=O) groups excluding carboxylic acids is 1. The third kappa shape index (κ3) is 3.23. The van der Waals surface area contributed by atoms with Gasteiger partial charge in [0.1, 0.15) is 5.56 Å². The zero-order chi connectivity index (χ0) is 20.7. The number of thiazole rings is 1. The fraction of sp³-hybridized carbons (Fsp3) is 0.348. The maximum absolute atomic E-state index is 13.4. The number of anilines is 1. The molecule has 5 rings (SSSR count). The molecule has 30 heavy (non-hydrogen) atoms. The highest BCUT2D eigenvalue weighted by Crippen LogP contribution is 2.27. The van der Waals surface area contributed by atoms with E-state index < -0.39 is 0 Å². The molecule has 0 unspecified atom stereocenters. The summed E-state index contributed by atoms with van der Waals surface area (Å²) in [5, 5.41) is 2.95. The lowest BCUT2D eigenvalue weighted by molar-refractivity contribution is 0.0744. The molecule has 1 aliphatic carbocycles. The van der Waals surface area contributed by atoms with Gasteiger partial charge in [0.05, 0.1) is 5.69 Å². The number of fused-ring (bicyclic) bond motifs is 1. The maximum Gasteiger partial charge on any atom is 0.268 e. The number of carbonyl (C=O) groups is 1. The van der Waals surface area contributed by atoms with Gasteiger partial charge in [0.25, 0.3) is 11.5 Å². The van der Waals surface area contributed by atoms with Crippen LogP contribution in [0.15, 0.2) is 46.8 Å². The molecule has 1 aromatic carbocycles. The molecule has 0 bridgehead atoms. The van der Waals surface area contributed by atoms with Crippen molar-refractivity contribution in [2.24, 2.45) is 0 Å². The van der Waals surface area contributed by atoms with E-state index in [-0.39, 0.29) is 17.0 Å². The summed E-state index contributed by atoms with van der Waals surface area (Å²) in [6, 6.07) is 8.01. The molecular formula is C23H24N4O2S. The predicted octanol–water partition coefficient (Wildman–Crippen LogP) is 3.05. The van der Waals surface area contributed by atoms with Gasteiger partial charge in [0.15, 0.2) is 5.13 Å². The van der Waals surface area contributed by atoms with Gasteiger partial charge in [-0.25, -0.2) is 4.98 Å². The van der Waals surface area contributed by atoms with Gasteiger partial charge in [-0.2, -0.15) is 0 Å². The smallest absolute Gasteiger partial charge is 0.268 e. The molecule has 0 N–H and O–H groups in total. The summed E-state index contributed by atoms with van der Waals surface area (Å²) in [6.45, 7) is 4.48. The van der Waals surface area contributed by atoms with Crippen LogP contribution < -0.4 is 10.5 Å². The lowest BCUT2D eigenvalue weighted by Gasteiger charge is -2.34. The summed E-state index contributed by atoms with van der Waals surface area (Å²) in [7, 11) is 0. The first-order valence-corrected chi connectivity index (χ1v) is 11.3. The van der Waals surface area contributed by atoms with Gasteiger partial charge in [-0.05, 0) is 55.0 Å². The number of nitrogens with zero attached hydrogens (tertiary/aromatic N) is 4. The predicted molar refractivity (Wildman–Crippen MR) is 119 cm³/mol. The third-order valence-corrected chi connectivity index (χ3v) is 6.98. The Morgan fingerprint density at radius 1 is 1.10 bits per heavy atom. The first-order chi connectivity index (χ1) is 14.6. The molecule has 154 valence electrons. The molecule has 1 aliphatic heterocycles. The topological polar surface area (TPSA) is 58.4 Å². The van der Waals surface area contributed by atoms with Crippen molar-refractivity contribution >= 4 is 22.4 Å². The average molecular weight is 421 g/mol. The van der Waals surface area contributed by atoms with Crippen LogP contribution in [0.2, 0.25) is 0 Å². The van der Waals surface area contributed by atoms with E-state index in [4.69, 9.17) is 0 Å². The number of hydrogen-bond donors (Lipinski definition) is 0. The van der Waals surface area contributed by atoms with Gasteiger partial charge in [-0.3, -0.25) is 14.2 Å². The van der Waals surface area contributed by atoms with Crippen molar-refractivity contribution in [2.75, 3.05) is 31.1 Å². The van der Waals surface area contributed by atoms with Crippen LogP contribution in [0.3, 0.4) is 0 Å². The van der Waals surface area contributed by atoms with Crippen molar-refractivity contribution in [3.05, 3.63) is 74.6 Å². The summed E-state index contributed by atoms with van der Waals surface area (Å²) < 4.78 is 1.66. The van der Waals surface area contributed by atoms with Gasteiger partial charge >= 0.3 is 0 Å². The molecule has 1 fully saturated rings. The summed E-state index contributed by atoms with van der Waals surface area (Å²) in [5.41, 5.74) is 4.26. The number of aromatic nitrogens is 2. The number of rotatable bonds is 3. The molecule has 7 heteroatoms. The molecular weight excluding hydrogens is 396 g/mol. The second kappa shape index (κ2) is 7.72. The molecule has 0 radical (unpaired) electrons. The Balaban J connectivity index is 1.44. The number of benzene rings is 1. The van der Waals surface area contributed by atoms with Crippen LogP contribution in [0, 0.1) is 6.92 Å². The van der Waals surface area contributed by atoms with Crippen LogP contribution in [-0.4, -0.2) is 46.5 Å². The van der Waals surface area contributed by atoms with Crippen LogP contribution in [0.4, 0.5) is 5.13 Å². The molecule has 6 nitrogen and oxygen atoms in total. The van der Waals surface area contributed by atoms with Crippen LogP contribution in [-0.2, 0) is 12.8 Å². The highest BCUT2D eigenvalue weighted by Gasteiger charge is 2.27. The number of aryl methyl sites for hydroxylation is 2. The first-order valence-electron chi connectivity index (χ1n) is 10.4. The highest BCUT2D eigenvalue weighted by atomic mass is 32.1. The molecule has 3 heterocycles. The van der Waals surface area contributed by atoms with E-state index in [1.54, 1.807) is 27.0 Å². The minimum atomic E-state index is -0.220. The lowest BCUT2D eigenvalue weighted by Crippen LogP contribution is -2.50. The Morgan fingerprint density at radius 3 is 2.70 bits per heavy atom. The zero-order valence-corrected chi connectivity index (χ0v) is 17.8. The minimum Gasteiger partial charge on any atom is -0.345 e. The van der Waals surface area contributed by atoms with Crippen molar-refractivity contribution in [3.8, 4) is 5.69 Å². The summed E-state index contributed by atoms with van der Waals surface area (Å²) in [5.74, 6) is -0.168. The number of pyridine rings is 1. The van der Waals surface area contributed by atoms with Crippen molar-refractivity contribution in [2.45, 2.75) is 26.2 Å². The lowest BCUT2D eigenvalue weighted by atomic mass is 10.1. The van der Waals surface area contributed by atoms with Gasteiger partial charge in [-0.15, -0.1) is 11.3 Å². The van der Waals surface area contributed by atoms with Crippen LogP contribution in [0.5, 0.6) is 0 Å². The normalized spacial score (nSPS) is 16.0. The van der Waals surface area contributed by atoms with E-state index in [1.807, 2.05) is 36.7 Å².